The lowest BCUT2D eigenvalue weighted by Crippen LogP contribution is -2.38. The van der Waals surface area contributed by atoms with E-state index in [1.54, 1.807) is 6.07 Å². The summed E-state index contributed by atoms with van der Waals surface area (Å²) in [4.78, 5) is 28.9. The predicted octanol–water partition coefficient (Wildman–Crippen LogP) is 3.51. The molecule has 0 atom stereocenters. The summed E-state index contributed by atoms with van der Waals surface area (Å²) in [6, 6.07) is 15.4. The number of benzene rings is 2. The average Bonchev–Trinajstić information content (AvgIpc) is 3.22. The lowest BCUT2D eigenvalue weighted by Gasteiger charge is -2.29. The number of nitrogens with one attached hydrogen (secondary N) is 1. The molecule has 2 aliphatic rings. The largest absolute Gasteiger partial charge is 0.339 e. The van der Waals surface area contributed by atoms with Crippen LogP contribution in [-0.2, 0) is 13.0 Å². The number of amides is 3. The zero-order chi connectivity index (χ0) is 17.9. The molecule has 2 aromatic carbocycles. The van der Waals surface area contributed by atoms with E-state index >= 15 is 0 Å². The molecule has 3 amide bonds. The Bertz CT molecular complexity index is 828. The third-order valence-corrected chi connectivity index (χ3v) is 5.17. The van der Waals surface area contributed by atoms with Gasteiger partial charge in [-0.1, -0.05) is 30.3 Å². The molecule has 2 aromatic rings. The lowest BCUT2D eigenvalue weighted by atomic mass is 10.0. The number of carbonyl (C=O) groups excluding carboxylic acids is 2. The van der Waals surface area contributed by atoms with Gasteiger partial charge < -0.3 is 15.1 Å². The van der Waals surface area contributed by atoms with Crippen molar-refractivity contribution in [3.05, 3.63) is 65.2 Å². The summed E-state index contributed by atoms with van der Waals surface area (Å²) in [5.74, 6) is 0.0468. The minimum atomic E-state index is -0.120. The number of hydrogen-bond donors (Lipinski definition) is 1. The fourth-order valence-corrected chi connectivity index (χ4v) is 3.70. The van der Waals surface area contributed by atoms with Crippen LogP contribution in [0.4, 0.5) is 10.5 Å². The summed E-state index contributed by atoms with van der Waals surface area (Å²) in [5, 5.41) is 2.94. The van der Waals surface area contributed by atoms with E-state index < -0.39 is 0 Å². The molecule has 5 heteroatoms. The van der Waals surface area contributed by atoms with Crippen molar-refractivity contribution in [1.82, 2.24) is 9.80 Å². The molecule has 0 bridgehead atoms. The number of carbonyl (C=O) groups is 2. The summed E-state index contributed by atoms with van der Waals surface area (Å²) >= 11 is 0. The molecule has 1 N–H and O–H groups in total. The second kappa shape index (κ2) is 7.20. The number of hydrogen-bond acceptors (Lipinski definition) is 2. The first-order chi connectivity index (χ1) is 12.7. The van der Waals surface area contributed by atoms with Crippen LogP contribution >= 0.6 is 0 Å². The summed E-state index contributed by atoms with van der Waals surface area (Å²) < 4.78 is 0. The van der Waals surface area contributed by atoms with Crippen LogP contribution in [0.25, 0.3) is 0 Å². The maximum absolute atomic E-state index is 12.6. The van der Waals surface area contributed by atoms with Crippen molar-refractivity contribution < 1.29 is 9.59 Å². The Kier molecular flexibility index (Phi) is 4.61. The molecule has 0 radical (unpaired) electrons. The van der Waals surface area contributed by atoms with Gasteiger partial charge >= 0.3 is 6.03 Å². The Labute approximate surface area is 153 Å². The monoisotopic (exact) mass is 349 g/mol. The molecule has 0 aromatic heterocycles. The van der Waals surface area contributed by atoms with Gasteiger partial charge in [0.15, 0.2) is 0 Å². The van der Waals surface area contributed by atoms with E-state index in [2.05, 4.69) is 17.4 Å². The third-order valence-electron chi connectivity index (χ3n) is 5.17. The molecule has 0 aliphatic carbocycles. The van der Waals surface area contributed by atoms with E-state index in [0.29, 0.717) is 24.3 Å². The molecular formula is C21H23N3O2. The Morgan fingerprint density at radius 2 is 1.62 bits per heavy atom. The number of anilines is 1. The summed E-state index contributed by atoms with van der Waals surface area (Å²) in [7, 11) is 0. The fraction of sp³-hybridized carbons (Fsp3) is 0.333. The van der Waals surface area contributed by atoms with Crippen LogP contribution in [0.2, 0.25) is 0 Å². The van der Waals surface area contributed by atoms with Gasteiger partial charge in [-0.2, -0.15) is 0 Å². The van der Waals surface area contributed by atoms with E-state index in [1.165, 1.54) is 11.1 Å². The summed E-state index contributed by atoms with van der Waals surface area (Å²) in [6.07, 6.45) is 3.01. The molecule has 134 valence electrons. The molecule has 0 saturated carbocycles. The standard InChI is InChI=1S/C21H23N3O2/c25-20(23-11-3-4-12-23)17-8-5-9-19(14-17)22-21(26)24-13-10-16-6-1-2-7-18(16)15-24/h1-2,5-9,14H,3-4,10-13,15H2,(H,22,26). The highest BCUT2D eigenvalue weighted by Gasteiger charge is 2.22. The van der Waals surface area contributed by atoms with Gasteiger partial charge in [-0.25, -0.2) is 4.79 Å². The highest BCUT2D eigenvalue weighted by atomic mass is 16.2. The van der Waals surface area contributed by atoms with Gasteiger partial charge in [0, 0.05) is 37.4 Å². The van der Waals surface area contributed by atoms with Gasteiger partial charge in [0.2, 0.25) is 0 Å². The molecule has 26 heavy (non-hydrogen) atoms. The number of rotatable bonds is 2. The molecular weight excluding hydrogens is 326 g/mol. The van der Waals surface area contributed by atoms with Crippen molar-refractivity contribution in [2.75, 3.05) is 25.0 Å². The summed E-state index contributed by atoms with van der Waals surface area (Å²) in [6.45, 7) is 2.97. The first kappa shape index (κ1) is 16.6. The normalized spacial score (nSPS) is 16.3. The summed E-state index contributed by atoms with van der Waals surface area (Å²) in [5.41, 5.74) is 3.81. The molecule has 4 rings (SSSR count). The van der Waals surface area contributed by atoms with Crippen LogP contribution in [0.15, 0.2) is 48.5 Å². The molecule has 0 spiro atoms. The second-order valence-corrected chi connectivity index (χ2v) is 6.95. The Balaban J connectivity index is 1.43. The topological polar surface area (TPSA) is 52.7 Å². The average molecular weight is 349 g/mol. The molecule has 2 aliphatic heterocycles. The third kappa shape index (κ3) is 3.43. The van der Waals surface area contributed by atoms with Gasteiger partial charge in [-0.3, -0.25) is 4.79 Å². The molecule has 0 unspecified atom stereocenters. The number of likely N-dealkylation sites (tertiary alicyclic amines) is 1. The van der Waals surface area contributed by atoms with Crippen LogP contribution in [0, 0.1) is 0 Å². The van der Waals surface area contributed by atoms with Crippen molar-refractivity contribution in [2.45, 2.75) is 25.8 Å². The Morgan fingerprint density at radius 1 is 0.846 bits per heavy atom. The zero-order valence-electron chi connectivity index (χ0n) is 14.8. The number of nitrogens with zero attached hydrogens (tertiary/aromatic N) is 2. The fourth-order valence-electron chi connectivity index (χ4n) is 3.70. The first-order valence-corrected chi connectivity index (χ1v) is 9.23. The lowest BCUT2D eigenvalue weighted by molar-refractivity contribution is 0.0793. The van der Waals surface area contributed by atoms with Gasteiger partial charge in [-0.15, -0.1) is 0 Å². The second-order valence-electron chi connectivity index (χ2n) is 6.95. The quantitative estimate of drug-likeness (QED) is 0.902. The smallest absolute Gasteiger partial charge is 0.322 e. The first-order valence-electron chi connectivity index (χ1n) is 9.23. The van der Waals surface area contributed by atoms with E-state index in [9.17, 15) is 9.59 Å². The zero-order valence-corrected chi connectivity index (χ0v) is 14.8. The van der Waals surface area contributed by atoms with Crippen molar-refractivity contribution in [3.63, 3.8) is 0 Å². The maximum Gasteiger partial charge on any atom is 0.322 e. The molecule has 1 saturated heterocycles. The SMILES string of the molecule is O=C(Nc1cccc(C(=O)N2CCCC2)c1)N1CCc2ccccc2C1. The van der Waals surface area contributed by atoms with Crippen LogP contribution < -0.4 is 5.32 Å². The molecule has 5 nitrogen and oxygen atoms in total. The minimum Gasteiger partial charge on any atom is -0.339 e. The van der Waals surface area contributed by atoms with Crippen LogP contribution in [0.5, 0.6) is 0 Å². The highest BCUT2D eigenvalue weighted by molar-refractivity contribution is 5.97. The van der Waals surface area contributed by atoms with Gasteiger partial charge in [0.1, 0.15) is 0 Å². The van der Waals surface area contributed by atoms with Gasteiger partial charge in [0.05, 0.1) is 0 Å². The molecule has 1 fully saturated rings. The Morgan fingerprint density at radius 3 is 2.42 bits per heavy atom. The van der Waals surface area contributed by atoms with Crippen molar-refractivity contribution >= 4 is 17.6 Å². The van der Waals surface area contributed by atoms with Crippen molar-refractivity contribution in [3.8, 4) is 0 Å². The van der Waals surface area contributed by atoms with Gasteiger partial charge in [0.25, 0.3) is 5.91 Å². The van der Waals surface area contributed by atoms with Crippen molar-refractivity contribution in [1.29, 1.82) is 0 Å². The molecule has 2 heterocycles. The van der Waals surface area contributed by atoms with Crippen LogP contribution in [-0.4, -0.2) is 41.4 Å². The number of fused-ring (bicyclic) bond motifs is 1. The van der Waals surface area contributed by atoms with E-state index in [0.717, 1.165) is 32.4 Å². The minimum absolute atomic E-state index is 0.0468. The van der Waals surface area contributed by atoms with E-state index in [-0.39, 0.29) is 11.9 Å². The van der Waals surface area contributed by atoms with E-state index in [4.69, 9.17) is 0 Å². The van der Waals surface area contributed by atoms with Crippen molar-refractivity contribution in [2.24, 2.45) is 0 Å². The predicted molar refractivity (Wildman–Crippen MR) is 101 cm³/mol. The van der Waals surface area contributed by atoms with Crippen LogP contribution in [0.1, 0.15) is 34.3 Å². The van der Waals surface area contributed by atoms with E-state index in [1.807, 2.05) is 40.1 Å². The van der Waals surface area contributed by atoms with Crippen LogP contribution in [0.3, 0.4) is 0 Å². The van der Waals surface area contributed by atoms with Gasteiger partial charge in [-0.05, 0) is 48.6 Å². The Hall–Kier alpha value is -2.82. The highest BCUT2D eigenvalue weighted by Crippen LogP contribution is 2.20. The number of urea groups is 1. The maximum atomic E-state index is 12.6.